The number of esters is 1. The lowest BCUT2D eigenvalue weighted by Gasteiger charge is -2.15. The first-order valence-electron chi connectivity index (χ1n) is 16.6. The van der Waals surface area contributed by atoms with Gasteiger partial charge in [0.1, 0.15) is 0 Å². The molecule has 0 saturated carbocycles. The molecule has 0 saturated heterocycles. The number of ether oxygens (including phenoxy) is 1. The molecule has 51 heavy (non-hydrogen) atoms. The number of aliphatic carboxylic acids is 2. The Kier molecular flexibility index (Phi) is 10.4. The highest BCUT2D eigenvalue weighted by Gasteiger charge is 2.35. The topological polar surface area (TPSA) is 203 Å². The van der Waals surface area contributed by atoms with Crippen LogP contribution in [0.1, 0.15) is 78.0 Å². The summed E-state index contributed by atoms with van der Waals surface area (Å²) in [7, 11) is 1.24. The van der Waals surface area contributed by atoms with Crippen molar-refractivity contribution in [2.24, 2.45) is 15.0 Å². The maximum atomic E-state index is 13.9. The average Bonchev–Trinajstić information content (AvgIpc) is 3.75. The van der Waals surface area contributed by atoms with E-state index in [9.17, 15) is 34.5 Å². The number of fused-ring (bicyclic) bond motifs is 5. The van der Waals surface area contributed by atoms with E-state index in [1.54, 1.807) is 26.0 Å². The second kappa shape index (κ2) is 14.6. The lowest BCUT2D eigenvalue weighted by Crippen LogP contribution is -2.29. The number of aliphatic imine (C=N–C) groups is 3. The van der Waals surface area contributed by atoms with Crippen molar-refractivity contribution in [2.75, 3.05) is 13.7 Å². The number of H-pyrrole nitrogens is 1. The molecular formula is C38H41N5O8. The lowest BCUT2D eigenvalue weighted by atomic mass is 9.90. The summed E-state index contributed by atoms with van der Waals surface area (Å²) in [5.41, 5.74) is 7.99. The molecule has 1 aromatic rings. The standard InChI is InChI=1S/C38H41N5O8/c1-8-22-17(2)25-16-30-34(21(6)44)19(4)27(41-30)14-26-18(3)23(9-10-31(45)46)36(42-26)24(13-33(49)51-7)37-35(38(50)39-12-11-32(47)48)20(5)28(43-37)15-29(22)40-25/h14-16,41,44H,8-13H2,1-7H3,(H,39,50)(H,45,46)(H,47,48)/b26-14?,29-15?,30-16?,34-21+,37-24?. The zero-order valence-electron chi connectivity index (χ0n) is 29.7. The first-order valence-corrected chi connectivity index (χ1v) is 16.6. The quantitative estimate of drug-likeness (QED) is 0.226. The number of carboxylic acids is 2. The molecule has 13 nitrogen and oxygen atoms in total. The van der Waals surface area contributed by atoms with Gasteiger partial charge in [0.25, 0.3) is 5.91 Å². The number of aromatic nitrogens is 1. The van der Waals surface area contributed by atoms with Crippen LogP contribution in [0.2, 0.25) is 0 Å². The molecule has 1 aromatic heterocycles. The second-order valence-corrected chi connectivity index (χ2v) is 12.6. The molecule has 0 unspecified atom stereocenters. The van der Waals surface area contributed by atoms with E-state index in [0.717, 1.165) is 16.7 Å². The number of nitrogens with one attached hydrogen (secondary N) is 2. The Labute approximate surface area is 294 Å². The zero-order valence-corrected chi connectivity index (χ0v) is 29.7. The van der Waals surface area contributed by atoms with Gasteiger partial charge in [-0.05, 0) is 99.1 Å². The fourth-order valence-electron chi connectivity index (χ4n) is 6.70. The van der Waals surface area contributed by atoms with E-state index in [0.29, 0.717) is 67.9 Å². The third-order valence-electron chi connectivity index (χ3n) is 9.40. The number of carbonyl (C=O) groups is 4. The molecule has 8 bridgehead atoms. The molecule has 4 aliphatic heterocycles. The van der Waals surface area contributed by atoms with Gasteiger partial charge in [0.15, 0.2) is 0 Å². The fourth-order valence-corrected chi connectivity index (χ4v) is 6.70. The minimum atomic E-state index is -1.08. The largest absolute Gasteiger partial charge is 0.512 e. The van der Waals surface area contributed by atoms with Crippen molar-refractivity contribution in [3.8, 4) is 0 Å². The van der Waals surface area contributed by atoms with Crippen molar-refractivity contribution in [3.05, 3.63) is 84.0 Å². The van der Waals surface area contributed by atoms with E-state index in [1.807, 2.05) is 33.8 Å². The fraction of sp³-hybridized carbons (Fsp3) is 0.342. The summed E-state index contributed by atoms with van der Waals surface area (Å²) in [6.07, 6.45) is 5.29. The van der Waals surface area contributed by atoms with Crippen LogP contribution in [0.4, 0.5) is 0 Å². The van der Waals surface area contributed by atoms with Crippen molar-refractivity contribution in [1.82, 2.24) is 10.3 Å². The summed E-state index contributed by atoms with van der Waals surface area (Å²) >= 11 is 0. The van der Waals surface area contributed by atoms with Crippen LogP contribution in [0.5, 0.6) is 0 Å². The predicted octanol–water partition coefficient (Wildman–Crippen LogP) is 4.02. The van der Waals surface area contributed by atoms with Gasteiger partial charge in [-0.15, -0.1) is 0 Å². The highest BCUT2D eigenvalue weighted by Crippen LogP contribution is 2.39. The number of amides is 1. The van der Waals surface area contributed by atoms with Crippen LogP contribution >= 0.6 is 0 Å². The van der Waals surface area contributed by atoms with Crippen molar-refractivity contribution < 1.29 is 39.2 Å². The monoisotopic (exact) mass is 695 g/mol. The molecule has 0 aromatic carbocycles. The van der Waals surface area contributed by atoms with Gasteiger partial charge in [-0.25, -0.2) is 15.0 Å². The van der Waals surface area contributed by atoms with Crippen LogP contribution in [0.15, 0.2) is 77.2 Å². The average molecular weight is 696 g/mol. The van der Waals surface area contributed by atoms with Crippen LogP contribution < -0.4 is 15.9 Å². The third kappa shape index (κ3) is 7.09. The summed E-state index contributed by atoms with van der Waals surface area (Å²) in [6.45, 7) is 10.8. The van der Waals surface area contributed by atoms with Crippen LogP contribution in [0.25, 0.3) is 17.9 Å². The van der Waals surface area contributed by atoms with Gasteiger partial charge in [0.05, 0.1) is 70.9 Å². The number of rotatable bonds is 10. The number of carbonyl (C=O) groups excluding carboxylic acids is 2. The molecule has 4 aliphatic rings. The molecule has 13 heteroatoms. The van der Waals surface area contributed by atoms with E-state index >= 15 is 0 Å². The maximum Gasteiger partial charge on any atom is 0.310 e. The van der Waals surface area contributed by atoms with Gasteiger partial charge in [-0.3, -0.25) is 19.2 Å². The van der Waals surface area contributed by atoms with Gasteiger partial charge in [-0.1, -0.05) is 6.92 Å². The number of carboxylic acid groups (broad SMARTS) is 2. The lowest BCUT2D eigenvalue weighted by molar-refractivity contribution is -0.140. The second-order valence-electron chi connectivity index (χ2n) is 12.6. The van der Waals surface area contributed by atoms with Crippen LogP contribution in [0.3, 0.4) is 0 Å². The molecule has 0 aliphatic carbocycles. The zero-order chi connectivity index (χ0) is 37.3. The summed E-state index contributed by atoms with van der Waals surface area (Å²) in [5.74, 6) is -3.22. The van der Waals surface area contributed by atoms with Crippen LogP contribution in [-0.2, 0) is 23.9 Å². The Morgan fingerprint density at radius 1 is 0.824 bits per heavy atom. The van der Waals surface area contributed by atoms with Gasteiger partial charge < -0.3 is 30.4 Å². The summed E-state index contributed by atoms with van der Waals surface area (Å²) < 4.78 is 5.08. The number of hydrogen-bond donors (Lipinski definition) is 5. The SMILES string of the molecule is CCC1=C(C)C2=NC1=CC1=NC(=C(CC(=O)OC)C3=NC(=Cc4[nH]c(/c(=C(\C)O)c4C)=C2)C(C)=C3CCC(=O)O)C(C(=O)NCCC(=O)O)=C1C. The number of methoxy groups -OCH3 is 1. The molecular weight excluding hydrogens is 654 g/mol. The molecule has 0 atom stereocenters. The molecule has 5 heterocycles. The van der Waals surface area contributed by atoms with Gasteiger partial charge in [0, 0.05) is 29.5 Å². The summed E-state index contributed by atoms with van der Waals surface area (Å²) in [6, 6.07) is 0. The first-order chi connectivity index (χ1) is 24.2. The molecule has 0 radical (unpaired) electrons. The van der Waals surface area contributed by atoms with Gasteiger partial charge in [-0.2, -0.15) is 0 Å². The Morgan fingerprint density at radius 3 is 2.14 bits per heavy atom. The Morgan fingerprint density at radius 2 is 1.51 bits per heavy atom. The first kappa shape index (κ1) is 36.4. The number of nitrogens with zero attached hydrogens (tertiary/aromatic N) is 3. The molecule has 5 rings (SSSR count). The number of hydrogen-bond acceptors (Lipinski definition) is 9. The van der Waals surface area contributed by atoms with Crippen LogP contribution in [0, 0.1) is 6.92 Å². The van der Waals surface area contributed by atoms with Crippen molar-refractivity contribution in [1.29, 1.82) is 0 Å². The highest BCUT2D eigenvalue weighted by atomic mass is 16.5. The van der Waals surface area contributed by atoms with E-state index < -0.39 is 23.8 Å². The van der Waals surface area contributed by atoms with E-state index in [-0.39, 0.29) is 54.8 Å². The smallest absolute Gasteiger partial charge is 0.310 e. The van der Waals surface area contributed by atoms with E-state index in [4.69, 9.17) is 19.7 Å². The van der Waals surface area contributed by atoms with E-state index in [1.165, 1.54) is 7.11 Å². The maximum absolute atomic E-state index is 13.9. The summed E-state index contributed by atoms with van der Waals surface area (Å²) in [4.78, 5) is 68.3. The number of aromatic amines is 1. The van der Waals surface area contributed by atoms with Gasteiger partial charge >= 0.3 is 17.9 Å². The molecule has 5 N–H and O–H groups in total. The third-order valence-corrected chi connectivity index (χ3v) is 9.40. The number of aliphatic hydroxyl groups excluding tert-OH is 1. The van der Waals surface area contributed by atoms with E-state index in [2.05, 4.69) is 10.3 Å². The van der Waals surface area contributed by atoms with Crippen LogP contribution in [-0.4, -0.2) is 74.9 Å². The minimum Gasteiger partial charge on any atom is -0.512 e. The predicted molar refractivity (Wildman–Crippen MR) is 194 cm³/mol. The molecule has 0 fully saturated rings. The minimum absolute atomic E-state index is 0.0669. The highest BCUT2D eigenvalue weighted by molar-refractivity contribution is 6.26. The Balaban J connectivity index is 1.92. The van der Waals surface area contributed by atoms with Gasteiger partial charge in [0.2, 0.25) is 0 Å². The van der Waals surface area contributed by atoms with Crippen molar-refractivity contribution in [2.45, 2.75) is 73.6 Å². The molecule has 0 spiro atoms. The number of allylic oxidation sites excluding steroid dienone is 6. The van der Waals surface area contributed by atoms with Crippen molar-refractivity contribution in [3.63, 3.8) is 0 Å². The van der Waals surface area contributed by atoms with Crippen molar-refractivity contribution >= 4 is 58.9 Å². The summed E-state index contributed by atoms with van der Waals surface area (Å²) in [5, 5.41) is 33.6. The molecule has 266 valence electrons. The normalized spacial score (nSPS) is 17.5. The number of aliphatic hydroxyl groups is 1. The molecule has 1 amide bonds. The Hall–Kier alpha value is -5.85. The Bertz CT molecular complexity index is 2210.